The SMILES string of the molecule is C#C.c1ccc(CNc2ncnc3nc(C4CC4)[nH]c23)cc1. The van der Waals surface area contributed by atoms with E-state index in [9.17, 15) is 0 Å². The first-order valence-corrected chi connectivity index (χ1v) is 7.22. The molecule has 2 heterocycles. The Balaban J connectivity index is 0.000000693. The van der Waals surface area contributed by atoms with E-state index in [0.717, 1.165) is 29.4 Å². The minimum Gasteiger partial charge on any atom is -0.364 e. The van der Waals surface area contributed by atoms with Crippen LogP contribution in [-0.4, -0.2) is 19.9 Å². The second kappa shape index (κ2) is 6.27. The van der Waals surface area contributed by atoms with E-state index >= 15 is 0 Å². The quantitative estimate of drug-likeness (QED) is 0.725. The van der Waals surface area contributed by atoms with Gasteiger partial charge in [-0.25, -0.2) is 15.0 Å². The summed E-state index contributed by atoms with van der Waals surface area (Å²) in [5.74, 6) is 2.45. The predicted octanol–water partition coefficient (Wildman–Crippen LogP) is 3.09. The maximum Gasteiger partial charge on any atom is 0.183 e. The summed E-state index contributed by atoms with van der Waals surface area (Å²) >= 11 is 0. The topological polar surface area (TPSA) is 66.5 Å². The molecule has 0 radical (unpaired) electrons. The van der Waals surface area contributed by atoms with Crippen molar-refractivity contribution in [1.29, 1.82) is 0 Å². The van der Waals surface area contributed by atoms with Crippen LogP contribution in [0.1, 0.15) is 30.1 Å². The fourth-order valence-corrected chi connectivity index (χ4v) is 2.31. The number of terminal acetylenes is 1. The highest BCUT2D eigenvalue weighted by Crippen LogP contribution is 2.39. The molecule has 5 heteroatoms. The van der Waals surface area contributed by atoms with Crippen LogP contribution in [0, 0.1) is 12.8 Å². The molecule has 0 atom stereocenters. The van der Waals surface area contributed by atoms with Gasteiger partial charge in [-0.1, -0.05) is 30.3 Å². The highest BCUT2D eigenvalue weighted by Gasteiger charge is 2.27. The molecule has 3 aromatic rings. The summed E-state index contributed by atoms with van der Waals surface area (Å²) in [4.78, 5) is 16.5. The van der Waals surface area contributed by atoms with E-state index in [-0.39, 0.29) is 0 Å². The molecular formula is C17H17N5. The molecule has 1 aliphatic rings. The van der Waals surface area contributed by atoms with E-state index in [1.54, 1.807) is 6.33 Å². The summed E-state index contributed by atoms with van der Waals surface area (Å²) < 4.78 is 0. The zero-order valence-corrected chi connectivity index (χ0v) is 12.2. The molecule has 1 fully saturated rings. The fraction of sp³-hybridized carbons (Fsp3) is 0.235. The van der Waals surface area contributed by atoms with Gasteiger partial charge in [-0.15, -0.1) is 12.8 Å². The summed E-state index contributed by atoms with van der Waals surface area (Å²) in [6.45, 7) is 0.741. The molecule has 1 aliphatic carbocycles. The first-order chi connectivity index (χ1) is 10.9. The number of benzene rings is 1. The van der Waals surface area contributed by atoms with Crippen LogP contribution in [0.4, 0.5) is 5.82 Å². The third kappa shape index (κ3) is 2.91. The monoisotopic (exact) mass is 291 g/mol. The highest BCUT2D eigenvalue weighted by atomic mass is 15.1. The lowest BCUT2D eigenvalue weighted by molar-refractivity contribution is 0.983. The standard InChI is InChI=1S/C15H15N5.C2H2/c1-2-4-10(5-3-1)8-16-14-12-15(18-9-17-14)20-13(19-12)11-6-7-11;1-2/h1-5,9,11H,6-8H2,(H2,16,17,18,19,20);1-2H. The lowest BCUT2D eigenvalue weighted by atomic mass is 10.2. The summed E-state index contributed by atoms with van der Waals surface area (Å²) in [5.41, 5.74) is 2.88. The summed E-state index contributed by atoms with van der Waals surface area (Å²) in [6.07, 6.45) is 12.0. The number of aromatic nitrogens is 4. The molecule has 1 aromatic carbocycles. The van der Waals surface area contributed by atoms with Gasteiger partial charge in [-0.2, -0.15) is 0 Å². The van der Waals surface area contributed by atoms with E-state index in [1.165, 1.54) is 18.4 Å². The van der Waals surface area contributed by atoms with Crippen LogP contribution < -0.4 is 5.32 Å². The third-order valence-corrected chi connectivity index (χ3v) is 3.57. The first-order valence-electron chi connectivity index (χ1n) is 7.22. The number of nitrogens with zero attached hydrogens (tertiary/aromatic N) is 3. The van der Waals surface area contributed by atoms with Crippen molar-refractivity contribution in [2.24, 2.45) is 0 Å². The average Bonchev–Trinajstić information content (AvgIpc) is 3.34. The minimum absolute atomic E-state index is 0.589. The van der Waals surface area contributed by atoms with Gasteiger partial charge in [0.05, 0.1) is 0 Å². The van der Waals surface area contributed by atoms with Gasteiger partial charge in [0, 0.05) is 12.5 Å². The van der Waals surface area contributed by atoms with E-state index in [1.807, 2.05) is 18.2 Å². The van der Waals surface area contributed by atoms with Crippen LogP contribution >= 0.6 is 0 Å². The highest BCUT2D eigenvalue weighted by molar-refractivity contribution is 5.82. The maximum atomic E-state index is 4.54. The van der Waals surface area contributed by atoms with E-state index in [0.29, 0.717) is 5.92 Å². The molecule has 1 saturated carbocycles. The van der Waals surface area contributed by atoms with Crippen LogP contribution in [0.2, 0.25) is 0 Å². The summed E-state index contributed by atoms with van der Waals surface area (Å²) in [7, 11) is 0. The maximum absolute atomic E-state index is 4.54. The molecule has 5 nitrogen and oxygen atoms in total. The van der Waals surface area contributed by atoms with Gasteiger partial charge in [0.25, 0.3) is 0 Å². The Hall–Kier alpha value is -2.87. The molecule has 0 aliphatic heterocycles. The van der Waals surface area contributed by atoms with Crippen molar-refractivity contribution in [3.8, 4) is 12.8 Å². The Morgan fingerprint density at radius 3 is 2.64 bits per heavy atom. The first kappa shape index (κ1) is 14.1. The van der Waals surface area contributed by atoms with Crippen molar-refractivity contribution in [3.05, 3.63) is 48.0 Å². The van der Waals surface area contributed by atoms with Crippen molar-refractivity contribution < 1.29 is 0 Å². The number of aromatic amines is 1. The molecule has 110 valence electrons. The molecule has 0 amide bonds. The van der Waals surface area contributed by atoms with E-state index in [4.69, 9.17) is 0 Å². The second-order valence-corrected chi connectivity index (χ2v) is 5.16. The number of hydrogen-bond acceptors (Lipinski definition) is 4. The van der Waals surface area contributed by atoms with Crippen LogP contribution in [0.3, 0.4) is 0 Å². The van der Waals surface area contributed by atoms with Gasteiger partial charge < -0.3 is 10.3 Å². The summed E-state index contributed by atoms with van der Waals surface area (Å²) in [6, 6.07) is 10.3. The van der Waals surface area contributed by atoms with Gasteiger partial charge in [0.1, 0.15) is 17.7 Å². The molecule has 0 unspecified atom stereocenters. The predicted molar refractivity (Wildman–Crippen MR) is 87.3 cm³/mol. The third-order valence-electron chi connectivity index (χ3n) is 3.57. The Labute approximate surface area is 129 Å². The van der Waals surface area contributed by atoms with Crippen molar-refractivity contribution in [3.63, 3.8) is 0 Å². The number of imidazole rings is 1. The number of H-pyrrole nitrogens is 1. The Morgan fingerprint density at radius 1 is 1.14 bits per heavy atom. The number of rotatable bonds is 4. The molecule has 0 spiro atoms. The lowest BCUT2D eigenvalue weighted by Crippen LogP contribution is -2.02. The average molecular weight is 291 g/mol. The van der Waals surface area contributed by atoms with Gasteiger partial charge in [0.2, 0.25) is 0 Å². The van der Waals surface area contributed by atoms with Crippen molar-refractivity contribution in [2.45, 2.75) is 25.3 Å². The van der Waals surface area contributed by atoms with E-state index < -0.39 is 0 Å². The summed E-state index contributed by atoms with van der Waals surface area (Å²) in [5, 5.41) is 3.35. The molecule has 22 heavy (non-hydrogen) atoms. The van der Waals surface area contributed by atoms with Crippen LogP contribution in [-0.2, 0) is 6.54 Å². The minimum atomic E-state index is 0.589. The van der Waals surface area contributed by atoms with Gasteiger partial charge in [-0.05, 0) is 18.4 Å². The fourth-order valence-electron chi connectivity index (χ4n) is 2.31. The lowest BCUT2D eigenvalue weighted by Gasteiger charge is -2.05. The molecule has 4 rings (SSSR count). The Bertz CT molecular complexity index is 771. The smallest absolute Gasteiger partial charge is 0.183 e. The van der Waals surface area contributed by atoms with Crippen molar-refractivity contribution >= 4 is 17.0 Å². The number of nitrogens with one attached hydrogen (secondary N) is 2. The van der Waals surface area contributed by atoms with Crippen LogP contribution in [0.5, 0.6) is 0 Å². The second-order valence-electron chi connectivity index (χ2n) is 5.16. The van der Waals surface area contributed by atoms with Crippen LogP contribution in [0.15, 0.2) is 36.7 Å². The number of hydrogen-bond donors (Lipinski definition) is 2. The largest absolute Gasteiger partial charge is 0.364 e. The van der Waals surface area contributed by atoms with Crippen LogP contribution in [0.25, 0.3) is 11.2 Å². The normalized spacial score (nSPS) is 13.4. The zero-order valence-electron chi connectivity index (χ0n) is 12.2. The van der Waals surface area contributed by atoms with Gasteiger partial charge in [-0.3, -0.25) is 0 Å². The van der Waals surface area contributed by atoms with Crippen molar-refractivity contribution in [1.82, 2.24) is 19.9 Å². The van der Waals surface area contributed by atoms with E-state index in [2.05, 4.69) is 50.2 Å². The Kier molecular flexibility index (Phi) is 4.01. The molecular weight excluding hydrogens is 274 g/mol. The van der Waals surface area contributed by atoms with Gasteiger partial charge >= 0.3 is 0 Å². The molecule has 0 bridgehead atoms. The Morgan fingerprint density at radius 2 is 1.91 bits per heavy atom. The molecule has 2 aromatic heterocycles. The van der Waals surface area contributed by atoms with Crippen molar-refractivity contribution in [2.75, 3.05) is 5.32 Å². The zero-order chi connectivity index (χ0) is 15.4. The molecule has 0 saturated heterocycles. The number of anilines is 1. The molecule has 2 N–H and O–H groups in total. The van der Waals surface area contributed by atoms with Gasteiger partial charge in [0.15, 0.2) is 11.5 Å². The number of fused-ring (bicyclic) bond motifs is 1.